The van der Waals surface area contributed by atoms with E-state index in [0.717, 1.165) is 32.1 Å². The van der Waals surface area contributed by atoms with E-state index < -0.39 is 0 Å². The van der Waals surface area contributed by atoms with E-state index in [2.05, 4.69) is 19.0 Å². The summed E-state index contributed by atoms with van der Waals surface area (Å²) in [5, 5.41) is 3.28. The molecule has 13 heavy (non-hydrogen) atoms. The average molecular weight is 185 g/mol. The summed E-state index contributed by atoms with van der Waals surface area (Å²) in [5.41, 5.74) is -0.287. The first kappa shape index (κ1) is 12.6. The van der Waals surface area contributed by atoms with Gasteiger partial charge < -0.3 is 0 Å². The van der Waals surface area contributed by atoms with Crippen molar-refractivity contribution in [2.24, 2.45) is 5.18 Å². The molecule has 0 fully saturated rings. The van der Waals surface area contributed by atoms with Crippen LogP contribution < -0.4 is 0 Å². The van der Waals surface area contributed by atoms with Gasteiger partial charge in [0.1, 0.15) is 0 Å². The number of rotatable bonds is 8. The maximum Gasteiger partial charge on any atom is 0.0998 e. The van der Waals surface area contributed by atoms with Gasteiger partial charge in [-0.15, -0.1) is 0 Å². The van der Waals surface area contributed by atoms with Crippen molar-refractivity contribution >= 4 is 0 Å². The molecule has 2 heteroatoms. The first-order valence-corrected chi connectivity index (χ1v) is 5.53. The zero-order valence-electron chi connectivity index (χ0n) is 9.31. The molecule has 0 aromatic carbocycles. The van der Waals surface area contributed by atoms with E-state index in [1.165, 1.54) is 12.8 Å². The molecule has 0 bridgehead atoms. The lowest BCUT2D eigenvalue weighted by atomic mass is 9.90. The van der Waals surface area contributed by atoms with Gasteiger partial charge >= 0.3 is 0 Å². The Hall–Kier alpha value is -0.400. The minimum absolute atomic E-state index is 0.287. The van der Waals surface area contributed by atoms with Gasteiger partial charge in [0.2, 0.25) is 0 Å². The van der Waals surface area contributed by atoms with Crippen molar-refractivity contribution in [3.8, 4) is 0 Å². The van der Waals surface area contributed by atoms with Gasteiger partial charge in [0.25, 0.3) is 0 Å². The van der Waals surface area contributed by atoms with Crippen molar-refractivity contribution in [2.45, 2.75) is 71.3 Å². The Morgan fingerprint density at radius 3 is 2.00 bits per heavy atom. The lowest BCUT2D eigenvalue weighted by Gasteiger charge is -2.20. The van der Waals surface area contributed by atoms with Gasteiger partial charge in [0.05, 0.1) is 5.54 Å². The van der Waals surface area contributed by atoms with Crippen LogP contribution in [0.3, 0.4) is 0 Å². The van der Waals surface area contributed by atoms with Crippen LogP contribution in [0, 0.1) is 4.91 Å². The topological polar surface area (TPSA) is 29.4 Å². The van der Waals surface area contributed by atoms with Crippen molar-refractivity contribution < 1.29 is 0 Å². The van der Waals surface area contributed by atoms with E-state index in [1.54, 1.807) is 0 Å². The second-order valence-corrected chi connectivity index (χ2v) is 4.15. The minimum Gasteiger partial charge on any atom is -0.150 e. The number of hydrogen-bond acceptors (Lipinski definition) is 2. The zero-order valence-corrected chi connectivity index (χ0v) is 9.31. The van der Waals surface area contributed by atoms with E-state index in [4.69, 9.17) is 0 Å². The van der Waals surface area contributed by atoms with Crippen LogP contribution in [0.1, 0.15) is 65.7 Å². The Morgan fingerprint density at radius 2 is 1.54 bits per heavy atom. The molecule has 1 atom stereocenters. The van der Waals surface area contributed by atoms with Crippen molar-refractivity contribution in [2.75, 3.05) is 0 Å². The van der Waals surface area contributed by atoms with Gasteiger partial charge in [-0.05, 0) is 19.8 Å². The van der Waals surface area contributed by atoms with Gasteiger partial charge in [-0.3, -0.25) is 0 Å². The third kappa shape index (κ3) is 5.78. The Labute approximate surface area is 82.1 Å². The highest BCUT2D eigenvalue weighted by molar-refractivity contribution is 4.81. The third-order valence-electron chi connectivity index (χ3n) is 2.61. The normalized spacial score (nSPS) is 15.3. The first-order chi connectivity index (χ1) is 6.18. The summed E-state index contributed by atoms with van der Waals surface area (Å²) in [6, 6.07) is 0. The lowest BCUT2D eigenvalue weighted by molar-refractivity contribution is 0.372. The van der Waals surface area contributed by atoms with Crippen LogP contribution in [0.15, 0.2) is 5.18 Å². The summed E-state index contributed by atoms with van der Waals surface area (Å²) in [6.07, 6.45) is 7.76. The summed E-state index contributed by atoms with van der Waals surface area (Å²) in [5.74, 6) is 0. The van der Waals surface area contributed by atoms with E-state index in [1.807, 2.05) is 6.92 Å². The lowest BCUT2D eigenvalue weighted by Crippen LogP contribution is -2.20. The molecule has 0 saturated heterocycles. The fourth-order valence-corrected chi connectivity index (χ4v) is 1.53. The van der Waals surface area contributed by atoms with Crippen LogP contribution in [-0.2, 0) is 0 Å². The summed E-state index contributed by atoms with van der Waals surface area (Å²) in [6.45, 7) is 6.32. The fraction of sp³-hybridized carbons (Fsp3) is 1.00. The predicted octanol–water partition coefficient (Wildman–Crippen LogP) is 4.28. The van der Waals surface area contributed by atoms with Crippen LogP contribution >= 0.6 is 0 Å². The predicted molar refractivity (Wildman–Crippen MR) is 57.9 cm³/mol. The summed E-state index contributed by atoms with van der Waals surface area (Å²) < 4.78 is 0. The highest BCUT2D eigenvalue weighted by atomic mass is 16.3. The van der Waals surface area contributed by atoms with Gasteiger partial charge in [-0.1, -0.05) is 51.1 Å². The Morgan fingerprint density at radius 1 is 1.00 bits per heavy atom. The SMILES string of the molecule is CCCCCC(C)(CCCC)N=O. The second kappa shape index (κ2) is 7.05. The molecular formula is C11H23NO. The smallest absolute Gasteiger partial charge is 0.0998 e. The molecule has 1 unspecified atom stereocenters. The molecule has 0 aliphatic carbocycles. The Bertz CT molecular complexity index is 136. The standard InChI is InChI=1S/C11H23NO/c1-4-6-8-10-11(3,12-13)9-7-5-2/h4-10H2,1-3H3. The molecule has 0 spiro atoms. The third-order valence-corrected chi connectivity index (χ3v) is 2.61. The molecule has 0 saturated carbocycles. The van der Waals surface area contributed by atoms with Crippen molar-refractivity contribution in [3.63, 3.8) is 0 Å². The zero-order chi connectivity index (χ0) is 10.2. The van der Waals surface area contributed by atoms with Gasteiger partial charge in [-0.25, -0.2) is 0 Å². The Balaban J connectivity index is 3.74. The molecule has 0 aliphatic heterocycles. The van der Waals surface area contributed by atoms with Gasteiger partial charge in [0.15, 0.2) is 0 Å². The fourth-order valence-electron chi connectivity index (χ4n) is 1.53. The molecule has 0 aliphatic rings. The van der Waals surface area contributed by atoms with E-state index in [9.17, 15) is 4.91 Å². The maximum atomic E-state index is 10.7. The van der Waals surface area contributed by atoms with Crippen LogP contribution in [0.25, 0.3) is 0 Å². The minimum atomic E-state index is -0.287. The number of unbranched alkanes of at least 4 members (excludes halogenated alkanes) is 3. The van der Waals surface area contributed by atoms with Crippen LogP contribution in [0.4, 0.5) is 0 Å². The van der Waals surface area contributed by atoms with Gasteiger partial charge in [-0.2, -0.15) is 4.91 Å². The monoisotopic (exact) mass is 185 g/mol. The molecule has 0 radical (unpaired) electrons. The Kier molecular flexibility index (Phi) is 6.83. The van der Waals surface area contributed by atoms with Gasteiger partial charge in [0, 0.05) is 0 Å². The largest absolute Gasteiger partial charge is 0.150 e. The van der Waals surface area contributed by atoms with Crippen LogP contribution in [-0.4, -0.2) is 5.54 Å². The molecular weight excluding hydrogens is 162 g/mol. The van der Waals surface area contributed by atoms with E-state index >= 15 is 0 Å². The number of hydrogen-bond donors (Lipinski definition) is 0. The molecule has 0 rings (SSSR count). The first-order valence-electron chi connectivity index (χ1n) is 5.53. The summed E-state index contributed by atoms with van der Waals surface area (Å²) in [7, 11) is 0. The average Bonchev–Trinajstić information content (AvgIpc) is 2.15. The summed E-state index contributed by atoms with van der Waals surface area (Å²) >= 11 is 0. The molecule has 2 nitrogen and oxygen atoms in total. The maximum absolute atomic E-state index is 10.7. The second-order valence-electron chi connectivity index (χ2n) is 4.15. The molecule has 0 N–H and O–H groups in total. The highest BCUT2D eigenvalue weighted by Gasteiger charge is 2.23. The molecule has 0 aromatic rings. The van der Waals surface area contributed by atoms with E-state index in [-0.39, 0.29) is 5.54 Å². The molecule has 78 valence electrons. The highest BCUT2D eigenvalue weighted by Crippen LogP contribution is 2.25. The molecule has 0 aromatic heterocycles. The quantitative estimate of drug-likeness (QED) is 0.410. The number of nitroso groups, excluding NO2 is 1. The molecule has 0 amide bonds. The summed E-state index contributed by atoms with van der Waals surface area (Å²) in [4.78, 5) is 10.7. The molecule has 0 heterocycles. The van der Waals surface area contributed by atoms with Crippen LogP contribution in [0.2, 0.25) is 0 Å². The van der Waals surface area contributed by atoms with Crippen molar-refractivity contribution in [3.05, 3.63) is 4.91 Å². The number of nitrogens with zero attached hydrogens (tertiary/aromatic N) is 1. The van der Waals surface area contributed by atoms with Crippen molar-refractivity contribution in [1.82, 2.24) is 0 Å². The van der Waals surface area contributed by atoms with Crippen molar-refractivity contribution in [1.29, 1.82) is 0 Å². The van der Waals surface area contributed by atoms with E-state index in [0.29, 0.717) is 0 Å². The van der Waals surface area contributed by atoms with Crippen LogP contribution in [0.5, 0.6) is 0 Å².